The van der Waals surface area contributed by atoms with E-state index in [1.807, 2.05) is 18.7 Å². The third-order valence-corrected chi connectivity index (χ3v) is 3.15. The summed E-state index contributed by atoms with van der Waals surface area (Å²) in [6.07, 6.45) is 3.87. The van der Waals surface area contributed by atoms with Gasteiger partial charge in [0.05, 0.1) is 0 Å². The quantitative estimate of drug-likeness (QED) is 0.746. The summed E-state index contributed by atoms with van der Waals surface area (Å²) < 4.78 is 0. The van der Waals surface area contributed by atoms with Crippen molar-refractivity contribution in [2.75, 3.05) is 32.7 Å². The Hall–Kier alpha value is -0.770. The number of carbonyl (C=O) groups is 1. The lowest BCUT2D eigenvalue weighted by Gasteiger charge is -2.35. The third kappa shape index (κ3) is 5.39. The molecule has 1 aliphatic heterocycles. The van der Waals surface area contributed by atoms with Crippen molar-refractivity contribution in [3.05, 3.63) is 0 Å². The first-order valence-corrected chi connectivity index (χ1v) is 6.91. The van der Waals surface area contributed by atoms with Crippen LogP contribution in [-0.2, 0) is 0 Å². The number of hydrogen-bond donors (Lipinski definition) is 1. The number of rotatable bonds is 5. The van der Waals surface area contributed by atoms with Crippen molar-refractivity contribution in [2.45, 2.75) is 46.1 Å². The first-order chi connectivity index (χ1) is 8.13. The summed E-state index contributed by atoms with van der Waals surface area (Å²) in [5.74, 6) is 0. The molecule has 0 atom stereocenters. The Bertz CT molecular complexity index is 223. The number of carbonyl (C=O) groups excluding carboxylic acids is 1. The zero-order valence-corrected chi connectivity index (χ0v) is 11.5. The average Bonchev–Trinajstić information content (AvgIpc) is 2.29. The SMILES string of the molecule is CCCCCN1CCN(C(=O)NC(C)C)CC1. The second-order valence-corrected chi connectivity index (χ2v) is 5.14. The van der Waals surface area contributed by atoms with Gasteiger partial charge >= 0.3 is 6.03 Å². The van der Waals surface area contributed by atoms with Gasteiger partial charge in [-0.1, -0.05) is 19.8 Å². The lowest BCUT2D eigenvalue weighted by atomic mass is 10.2. The lowest BCUT2D eigenvalue weighted by Crippen LogP contribution is -2.52. The van der Waals surface area contributed by atoms with Gasteiger partial charge in [-0.2, -0.15) is 0 Å². The van der Waals surface area contributed by atoms with Crippen LogP contribution in [-0.4, -0.2) is 54.6 Å². The zero-order chi connectivity index (χ0) is 12.7. The molecule has 2 amide bonds. The molecular formula is C13H27N3O. The van der Waals surface area contributed by atoms with Crippen molar-refractivity contribution in [1.29, 1.82) is 0 Å². The Kier molecular flexibility index (Phi) is 6.34. The van der Waals surface area contributed by atoms with Gasteiger partial charge in [-0.15, -0.1) is 0 Å². The molecule has 0 aromatic carbocycles. The van der Waals surface area contributed by atoms with E-state index in [2.05, 4.69) is 17.1 Å². The lowest BCUT2D eigenvalue weighted by molar-refractivity contribution is 0.136. The van der Waals surface area contributed by atoms with Gasteiger partial charge in [-0.3, -0.25) is 4.90 Å². The number of nitrogens with one attached hydrogen (secondary N) is 1. The summed E-state index contributed by atoms with van der Waals surface area (Å²) in [5, 5.41) is 2.95. The normalized spacial score (nSPS) is 17.5. The topological polar surface area (TPSA) is 35.6 Å². The van der Waals surface area contributed by atoms with Gasteiger partial charge in [0.1, 0.15) is 0 Å². The number of urea groups is 1. The summed E-state index contributed by atoms with van der Waals surface area (Å²) in [5.41, 5.74) is 0. The maximum atomic E-state index is 11.8. The van der Waals surface area contributed by atoms with Gasteiger partial charge in [0.2, 0.25) is 0 Å². The largest absolute Gasteiger partial charge is 0.336 e. The predicted octanol–water partition coefficient (Wildman–Crippen LogP) is 1.91. The van der Waals surface area contributed by atoms with Gasteiger partial charge in [0.15, 0.2) is 0 Å². The van der Waals surface area contributed by atoms with Gasteiger partial charge in [0, 0.05) is 32.2 Å². The number of hydrogen-bond acceptors (Lipinski definition) is 2. The molecule has 0 spiro atoms. The molecule has 1 heterocycles. The van der Waals surface area contributed by atoms with E-state index < -0.39 is 0 Å². The molecule has 1 N–H and O–H groups in total. The monoisotopic (exact) mass is 241 g/mol. The highest BCUT2D eigenvalue weighted by molar-refractivity contribution is 5.74. The van der Waals surface area contributed by atoms with Crippen LogP contribution in [0.25, 0.3) is 0 Å². The Labute approximate surface area is 105 Å². The maximum absolute atomic E-state index is 11.8. The highest BCUT2D eigenvalue weighted by Crippen LogP contribution is 2.05. The number of nitrogens with zero attached hydrogens (tertiary/aromatic N) is 2. The van der Waals surface area contributed by atoms with Crippen molar-refractivity contribution in [3.8, 4) is 0 Å². The second-order valence-electron chi connectivity index (χ2n) is 5.14. The van der Waals surface area contributed by atoms with Crippen molar-refractivity contribution >= 4 is 6.03 Å². The van der Waals surface area contributed by atoms with E-state index in [9.17, 15) is 4.79 Å². The first kappa shape index (κ1) is 14.3. The molecule has 0 aromatic heterocycles. The molecule has 1 rings (SSSR count). The molecule has 0 unspecified atom stereocenters. The van der Waals surface area contributed by atoms with Crippen LogP contribution >= 0.6 is 0 Å². The van der Waals surface area contributed by atoms with Crippen LogP contribution < -0.4 is 5.32 Å². The Morgan fingerprint density at radius 1 is 1.18 bits per heavy atom. The Morgan fingerprint density at radius 2 is 1.82 bits per heavy atom. The first-order valence-electron chi connectivity index (χ1n) is 6.91. The number of piperazine rings is 1. The molecular weight excluding hydrogens is 214 g/mol. The number of amides is 2. The standard InChI is InChI=1S/C13H27N3O/c1-4-5-6-7-15-8-10-16(11-9-15)13(17)14-12(2)3/h12H,4-11H2,1-3H3,(H,14,17). The molecule has 0 aliphatic carbocycles. The highest BCUT2D eigenvalue weighted by atomic mass is 16.2. The highest BCUT2D eigenvalue weighted by Gasteiger charge is 2.20. The van der Waals surface area contributed by atoms with Gasteiger partial charge in [-0.05, 0) is 26.8 Å². The predicted molar refractivity (Wildman–Crippen MR) is 71.2 cm³/mol. The van der Waals surface area contributed by atoms with Crippen LogP contribution in [0.3, 0.4) is 0 Å². The molecule has 0 aromatic rings. The Morgan fingerprint density at radius 3 is 2.35 bits per heavy atom. The van der Waals surface area contributed by atoms with Crippen molar-refractivity contribution < 1.29 is 4.79 Å². The molecule has 17 heavy (non-hydrogen) atoms. The van der Waals surface area contributed by atoms with Crippen LogP contribution in [0.2, 0.25) is 0 Å². The Balaban J connectivity index is 2.18. The van der Waals surface area contributed by atoms with Gasteiger partial charge in [-0.25, -0.2) is 4.79 Å². The second kappa shape index (κ2) is 7.54. The van der Waals surface area contributed by atoms with E-state index >= 15 is 0 Å². The fraction of sp³-hybridized carbons (Fsp3) is 0.923. The molecule has 0 saturated carbocycles. The molecule has 4 nitrogen and oxygen atoms in total. The molecule has 1 saturated heterocycles. The molecule has 1 fully saturated rings. The van der Waals surface area contributed by atoms with Crippen LogP contribution in [0.5, 0.6) is 0 Å². The molecule has 100 valence electrons. The van der Waals surface area contributed by atoms with E-state index in [1.165, 1.54) is 25.8 Å². The molecule has 1 aliphatic rings. The van der Waals surface area contributed by atoms with Gasteiger partial charge in [0.25, 0.3) is 0 Å². The van der Waals surface area contributed by atoms with Crippen LogP contribution in [0, 0.1) is 0 Å². The molecule has 0 radical (unpaired) electrons. The summed E-state index contributed by atoms with van der Waals surface area (Å²) in [7, 11) is 0. The van der Waals surface area contributed by atoms with Crippen LogP contribution in [0.15, 0.2) is 0 Å². The van der Waals surface area contributed by atoms with Crippen LogP contribution in [0.4, 0.5) is 4.79 Å². The van der Waals surface area contributed by atoms with Crippen molar-refractivity contribution in [2.24, 2.45) is 0 Å². The minimum Gasteiger partial charge on any atom is -0.336 e. The van der Waals surface area contributed by atoms with E-state index in [0.29, 0.717) is 0 Å². The smallest absolute Gasteiger partial charge is 0.317 e. The van der Waals surface area contributed by atoms with E-state index in [1.54, 1.807) is 0 Å². The average molecular weight is 241 g/mol. The van der Waals surface area contributed by atoms with E-state index in [4.69, 9.17) is 0 Å². The summed E-state index contributed by atoms with van der Waals surface area (Å²) in [6, 6.07) is 0.318. The van der Waals surface area contributed by atoms with Gasteiger partial charge < -0.3 is 10.2 Å². The zero-order valence-electron chi connectivity index (χ0n) is 11.5. The third-order valence-electron chi connectivity index (χ3n) is 3.15. The fourth-order valence-electron chi connectivity index (χ4n) is 2.10. The minimum absolute atomic E-state index is 0.0909. The number of unbranched alkanes of at least 4 members (excludes halogenated alkanes) is 2. The van der Waals surface area contributed by atoms with Crippen LogP contribution in [0.1, 0.15) is 40.0 Å². The van der Waals surface area contributed by atoms with E-state index in [0.717, 1.165) is 26.2 Å². The van der Waals surface area contributed by atoms with Crippen molar-refractivity contribution in [1.82, 2.24) is 15.1 Å². The molecule has 0 bridgehead atoms. The maximum Gasteiger partial charge on any atom is 0.317 e. The summed E-state index contributed by atoms with van der Waals surface area (Å²) in [4.78, 5) is 16.2. The van der Waals surface area contributed by atoms with E-state index in [-0.39, 0.29) is 12.1 Å². The fourth-order valence-corrected chi connectivity index (χ4v) is 2.10. The minimum atomic E-state index is 0.0909. The molecule has 4 heteroatoms. The summed E-state index contributed by atoms with van der Waals surface area (Å²) >= 11 is 0. The summed E-state index contributed by atoms with van der Waals surface area (Å²) in [6.45, 7) is 11.2. The van der Waals surface area contributed by atoms with Crippen molar-refractivity contribution in [3.63, 3.8) is 0 Å².